The van der Waals surface area contributed by atoms with E-state index in [0.29, 0.717) is 6.54 Å². The lowest BCUT2D eigenvalue weighted by molar-refractivity contribution is -0.122. The lowest BCUT2D eigenvalue weighted by Crippen LogP contribution is -2.41. The highest BCUT2D eigenvalue weighted by Gasteiger charge is 2.10. The van der Waals surface area contributed by atoms with Crippen LogP contribution in [0.4, 0.5) is 5.82 Å². The molecule has 0 saturated heterocycles. The number of aryl methyl sites for hydroxylation is 1. The fourth-order valence-corrected chi connectivity index (χ4v) is 1.66. The van der Waals surface area contributed by atoms with E-state index >= 15 is 0 Å². The fraction of sp³-hybridized carbons (Fsp3) is 0.571. The number of aromatic nitrogens is 1. The summed E-state index contributed by atoms with van der Waals surface area (Å²) in [6.45, 7) is 5.44. The molecule has 1 unspecified atom stereocenters. The first kappa shape index (κ1) is 22.2. The normalized spacial score (nSPS) is 10.8. The number of carbonyl (C=O) groups is 1. The van der Waals surface area contributed by atoms with Crippen LogP contribution in [0, 0.1) is 6.92 Å². The molecule has 21 heavy (non-hydrogen) atoms. The summed E-state index contributed by atoms with van der Waals surface area (Å²) in [5, 5.41) is 6.04. The van der Waals surface area contributed by atoms with Gasteiger partial charge in [-0.25, -0.2) is 4.98 Å². The predicted octanol–water partition coefficient (Wildman–Crippen LogP) is 2.28. The van der Waals surface area contributed by atoms with Crippen LogP contribution in [0.3, 0.4) is 0 Å². The minimum absolute atomic E-state index is 0. The second-order valence-electron chi connectivity index (χ2n) is 4.69. The van der Waals surface area contributed by atoms with E-state index in [1.54, 1.807) is 0 Å². The van der Waals surface area contributed by atoms with E-state index in [9.17, 15) is 4.79 Å². The number of nitrogens with two attached hydrogens (primary N) is 1. The zero-order valence-corrected chi connectivity index (χ0v) is 14.2. The Labute approximate surface area is 139 Å². The number of anilines is 1. The van der Waals surface area contributed by atoms with Crippen molar-refractivity contribution < 1.29 is 4.79 Å². The Balaban J connectivity index is 0. The van der Waals surface area contributed by atoms with Gasteiger partial charge >= 0.3 is 0 Å². The van der Waals surface area contributed by atoms with Crippen LogP contribution in [0.2, 0.25) is 0 Å². The van der Waals surface area contributed by atoms with E-state index in [0.717, 1.165) is 37.2 Å². The summed E-state index contributed by atoms with van der Waals surface area (Å²) >= 11 is 0. The first-order valence-electron chi connectivity index (χ1n) is 6.83. The molecule has 1 aromatic rings. The lowest BCUT2D eigenvalue weighted by Gasteiger charge is -2.11. The minimum Gasteiger partial charge on any atom is -0.370 e. The van der Waals surface area contributed by atoms with E-state index in [1.165, 1.54) is 0 Å². The average molecular weight is 337 g/mol. The van der Waals surface area contributed by atoms with Gasteiger partial charge in [0.05, 0.1) is 6.04 Å². The van der Waals surface area contributed by atoms with E-state index < -0.39 is 0 Å². The Morgan fingerprint density at radius 1 is 1.33 bits per heavy atom. The van der Waals surface area contributed by atoms with Gasteiger partial charge < -0.3 is 16.4 Å². The third-order valence-electron chi connectivity index (χ3n) is 2.81. The Morgan fingerprint density at radius 2 is 2.05 bits per heavy atom. The minimum atomic E-state index is -0.378. The summed E-state index contributed by atoms with van der Waals surface area (Å²) in [6, 6.07) is 3.59. The van der Waals surface area contributed by atoms with Gasteiger partial charge in [-0.3, -0.25) is 4.79 Å². The maximum absolute atomic E-state index is 11.5. The molecule has 0 radical (unpaired) electrons. The third kappa shape index (κ3) is 9.50. The SMILES string of the molecule is CCCC(N)C(=O)NCCCNc1ccc(C)cn1.Cl.Cl. The van der Waals surface area contributed by atoms with Crippen LogP contribution in [0.1, 0.15) is 31.7 Å². The predicted molar refractivity (Wildman–Crippen MR) is 92.5 cm³/mol. The van der Waals surface area contributed by atoms with Gasteiger partial charge in [-0.05, 0) is 31.4 Å². The molecule has 0 saturated carbocycles. The molecule has 5 nitrogen and oxygen atoms in total. The van der Waals surface area contributed by atoms with Crippen LogP contribution in [0.15, 0.2) is 18.3 Å². The molecule has 1 atom stereocenters. The second kappa shape index (κ2) is 12.7. The van der Waals surface area contributed by atoms with Crippen molar-refractivity contribution in [2.75, 3.05) is 18.4 Å². The van der Waals surface area contributed by atoms with Gasteiger partial charge in [0.2, 0.25) is 5.91 Å². The largest absolute Gasteiger partial charge is 0.370 e. The smallest absolute Gasteiger partial charge is 0.236 e. The monoisotopic (exact) mass is 336 g/mol. The van der Waals surface area contributed by atoms with Crippen LogP contribution >= 0.6 is 24.8 Å². The number of pyridine rings is 1. The van der Waals surface area contributed by atoms with Crippen LogP contribution in [-0.2, 0) is 4.79 Å². The average Bonchev–Trinajstić information content (AvgIpc) is 2.40. The first-order valence-corrected chi connectivity index (χ1v) is 6.83. The number of hydrogen-bond donors (Lipinski definition) is 3. The van der Waals surface area contributed by atoms with Gasteiger partial charge in [0.25, 0.3) is 0 Å². The highest BCUT2D eigenvalue weighted by Crippen LogP contribution is 2.03. The molecule has 1 aromatic heterocycles. The van der Waals surface area contributed by atoms with Crippen molar-refractivity contribution in [3.63, 3.8) is 0 Å². The molecular weight excluding hydrogens is 311 g/mol. The van der Waals surface area contributed by atoms with Crippen LogP contribution < -0.4 is 16.4 Å². The first-order chi connectivity index (χ1) is 9.13. The lowest BCUT2D eigenvalue weighted by atomic mass is 10.2. The number of halogens is 2. The standard InChI is InChI=1S/C14H24N4O.2ClH/c1-3-5-12(15)14(19)17-9-4-8-16-13-7-6-11(2)10-18-13;;/h6-7,10,12H,3-5,8-9,15H2,1-2H3,(H,16,18)(H,17,19);2*1H. The third-order valence-corrected chi connectivity index (χ3v) is 2.81. The van der Waals surface area contributed by atoms with Crippen molar-refractivity contribution >= 4 is 36.5 Å². The maximum atomic E-state index is 11.5. The summed E-state index contributed by atoms with van der Waals surface area (Å²) in [7, 11) is 0. The highest BCUT2D eigenvalue weighted by molar-refractivity contribution is 5.85. The van der Waals surface area contributed by atoms with Gasteiger partial charge in [-0.1, -0.05) is 19.4 Å². The van der Waals surface area contributed by atoms with E-state index in [1.807, 2.05) is 32.2 Å². The summed E-state index contributed by atoms with van der Waals surface area (Å²) in [6.07, 6.45) is 4.33. The molecule has 4 N–H and O–H groups in total. The molecule has 1 rings (SSSR count). The molecule has 0 aliphatic rings. The quantitative estimate of drug-likeness (QED) is 0.636. The fourth-order valence-electron chi connectivity index (χ4n) is 1.66. The number of amides is 1. The van der Waals surface area contributed by atoms with Crippen molar-refractivity contribution in [2.24, 2.45) is 5.73 Å². The topological polar surface area (TPSA) is 80.0 Å². The van der Waals surface area contributed by atoms with Crippen LogP contribution in [0.5, 0.6) is 0 Å². The Hall–Kier alpha value is -1.04. The van der Waals surface area contributed by atoms with Gasteiger partial charge in [0, 0.05) is 19.3 Å². The van der Waals surface area contributed by atoms with Crippen LogP contribution in [-0.4, -0.2) is 30.0 Å². The maximum Gasteiger partial charge on any atom is 0.236 e. The zero-order chi connectivity index (χ0) is 14.1. The van der Waals surface area contributed by atoms with Crippen molar-refractivity contribution in [2.45, 2.75) is 39.2 Å². The van der Waals surface area contributed by atoms with Gasteiger partial charge in [0.1, 0.15) is 5.82 Å². The van der Waals surface area contributed by atoms with E-state index in [-0.39, 0.29) is 36.8 Å². The Morgan fingerprint density at radius 3 is 2.62 bits per heavy atom. The number of carbonyl (C=O) groups excluding carboxylic acids is 1. The summed E-state index contributed by atoms with van der Waals surface area (Å²) in [5.41, 5.74) is 6.85. The summed E-state index contributed by atoms with van der Waals surface area (Å²) in [4.78, 5) is 15.8. The number of nitrogens with zero attached hydrogens (tertiary/aromatic N) is 1. The molecule has 0 fully saturated rings. The molecule has 0 aliphatic carbocycles. The second-order valence-corrected chi connectivity index (χ2v) is 4.69. The molecular formula is C14H26Cl2N4O. The van der Waals surface area contributed by atoms with Crippen LogP contribution in [0.25, 0.3) is 0 Å². The number of nitrogens with one attached hydrogen (secondary N) is 2. The van der Waals surface area contributed by atoms with E-state index in [2.05, 4.69) is 15.6 Å². The molecule has 1 amide bonds. The summed E-state index contributed by atoms with van der Waals surface area (Å²) < 4.78 is 0. The molecule has 0 aliphatic heterocycles. The van der Waals surface area contributed by atoms with E-state index in [4.69, 9.17) is 5.73 Å². The van der Waals surface area contributed by atoms with Gasteiger partial charge in [0.15, 0.2) is 0 Å². The number of rotatable bonds is 8. The summed E-state index contributed by atoms with van der Waals surface area (Å²) in [5.74, 6) is 0.801. The molecule has 7 heteroatoms. The molecule has 0 bridgehead atoms. The Kier molecular flexibility index (Phi) is 13.4. The van der Waals surface area contributed by atoms with Crippen molar-refractivity contribution in [1.82, 2.24) is 10.3 Å². The van der Waals surface area contributed by atoms with Gasteiger partial charge in [-0.2, -0.15) is 0 Å². The molecule has 0 spiro atoms. The van der Waals surface area contributed by atoms with Crippen molar-refractivity contribution in [3.05, 3.63) is 23.9 Å². The zero-order valence-electron chi connectivity index (χ0n) is 12.6. The van der Waals surface area contributed by atoms with Crippen molar-refractivity contribution in [3.8, 4) is 0 Å². The Bertz CT molecular complexity index is 387. The molecule has 0 aromatic carbocycles. The van der Waals surface area contributed by atoms with Crippen molar-refractivity contribution in [1.29, 1.82) is 0 Å². The van der Waals surface area contributed by atoms with Gasteiger partial charge in [-0.15, -0.1) is 24.8 Å². The molecule has 122 valence electrons. The molecule has 1 heterocycles. The number of hydrogen-bond acceptors (Lipinski definition) is 4. The highest BCUT2D eigenvalue weighted by atomic mass is 35.5.